The van der Waals surface area contributed by atoms with E-state index in [1.807, 2.05) is 50.9 Å². The minimum atomic E-state index is -0.335. The smallest absolute Gasteiger partial charge is 0.259 e. The number of fused-ring (bicyclic) bond motifs is 1. The van der Waals surface area contributed by atoms with Crippen LogP contribution in [0.3, 0.4) is 0 Å². The first kappa shape index (κ1) is 23.9. The first-order chi connectivity index (χ1) is 15.3. The molecule has 32 heavy (non-hydrogen) atoms. The highest BCUT2D eigenvalue weighted by Crippen LogP contribution is 2.28. The van der Waals surface area contributed by atoms with Gasteiger partial charge < -0.3 is 14.7 Å². The van der Waals surface area contributed by atoms with Gasteiger partial charge in [-0.2, -0.15) is 0 Å². The summed E-state index contributed by atoms with van der Waals surface area (Å²) in [5.74, 6) is -0.177. The lowest BCUT2D eigenvalue weighted by Crippen LogP contribution is -2.49. The Hall–Kier alpha value is -2.77. The SMILES string of the molecule is C/C=C/c1cnc2c(c1)C(=O)N([C@H](C)CO)C[C@@H](C)[C@@H](CN(C)Cc1ccccc1F)O2. The second kappa shape index (κ2) is 10.7. The molecule has 0 saturated carbocycles. The monoisotopic (exact) mass is 441 g/mol. The number of ether oxygens (including phenoxy) is 1. The van der Waals surface area contributed by atoms with Gasteiger partial charge in [-0.3, -0.25) is 9.69 Å². The fourth-order valence-electron chi connectivity index (χ4n) is 3.91. The highest BCUT2D eigenvalue weighted by molar-refractivity contribution is 5.97. The predicted molar refractivity (Wildman–Crippen MR) is 123 cm³/mol. The lowest BCUT2D eigenvalue weighted by molar-refractivity contribution is 0.0324. The van der Waals surface area contributed by atoms with Gasteiger partial charge in [0.25, 0.3) is 5.91 Å². The van der Waals surface area contributed by atoms with Gasteiger partial charge in [-0.15, -0.1) is 0 Å². The number of halogens is 1. The van der Waals surface area contributed by atoms with Crippen LogP contribution in [0.5, 0.6) is 5.88 Å². The van der Waals surface area contributed by atoms with Gasteiger partial charge in [-0.1, -0.05) is 37.3 Å². The van der Waals surface area contributed by atoms with Gasteiger partial charge >= 0.3 is 0 Å². The average molecular weight is 442 g/mol. The normalized spacial score (nSPS) is 20.1. The number of rotatable bonds is 7. The standard InChI is InChI=1S/C25H32FN3O3/c1-5-8-19-11-21-24(27-12-19)32-23(17(2)13-29(25(21)31)18(3)16-30)15-28(4)14-20-9-6-7-10-22(20)26/h5-12,17-18,23,30H,13-16H2,1-4H3/b8-5+/t17-,18-,23-/m1/s1. The Morgan fingerprint density at radius 3 is 2.84 bits per heavy atom. The van der Waals surface area contributed by atoms with E-state index in [1.54, 1.807) is 29.3 Å². The molecule has 1 amide bonds. The van der Waals surface area contributed by atoms with E-state index in [0.717, 1.165) is 5.56 Å². The molecular formula is C25H32FN3O3. The van der Waals surface area contributed by atoms with Crippen molar-refractivity contribution < 1.29 is 19.0 Å². The number of benzene rings is 1. The molecule has 1 aromatic heterocycles. The van der Waals surface area contributed by atoms with Crippen LogP contribution in [0.25, 0.3) is 6.08 Å². The van der Waals surface area contributed by atoms with Crippen LogP contribution < -0.4 is 4.74 Å². The molecule has 172 valence electrons. The molecule has 1 N–H and O–H groups in total. The highest BCUT2D eigenvalue weighted by atomic mass is 19.1. The molecule has 1 aliphatic heterocycles. The van der Waals surface area contributed by atoms with Crippen LogP contribution >= 0.6 is 0 Å². The summed E-state index contributed by atoms with van der Waals surface area (Å²) in [4.78, 5) is 21.5. The third-order valence-corrected chi connectivity index (χ3v) is 5.79. The van der Waals surface area contributed by atoms with Crippen molar-refractivity contribution in [2.24, 2.45) is 5.92 Å². The molecular weight excluding hydrogens is 409 g/mol. The molecule has 0 unspecified atom stereocenters. The van der Waals surface area contributed by atoms with Crippen molar-refractivity contribution in [2.75, 3.05) is 26.7 Å². The zero-order valence-electron chi connectivity index (χ0n) is 19.2. The topological polar surface area (TPSA) is 65.9 Å². The summed E-state index contributed by atoms with van der Waals surface area (Å²) in [6.07, 6.45) is 5.17. The second-order valence-electron chi connectivity index (χ2n) is 8.53. The number of pyridine rings is 1. The van der Waals surface area contributed by atoms with Gasteiger partial charge in [0, 0.05) is 37.3 Å². The lowest BCUT2D eigenvalue weighted by atomic mass is 9.99. The Kier molecular flexibility index (Phi) is 7.99. The zero-order valence-corrected chi connectivity index (χ0v) is 19.2. The molecule has 2 heterocycles. The number of amides is 1. The molecule has 6 nitrogen and oxygen atoms in total. The van der Waals surface area contributed by atoms with Gasteiger partial charge in [0.15, 0.2) is 0 Å². The quantitative estimate of drug-likeness (QED) is 0.711. The van der Waals surface area contributed by atoms with E-state index in [-0.39, 0.29) is 42.3 Å². The van der Waals surface area contributed by atoms with Crippen LogP contribution in [0.2, 0.25) is 0 Å². The van der Waals surface area contributed by atoms with Gasteiger partial charge in [-0.25, -0.2) is 9.37 Å². The average Bonchev–Trinajstić information content (AvgIpc) is 2.78. The number of nitrogens with zero attached hydrogens (tertiary/aromatic N) is 3. The summed E-state index contributed by atoms with van der Waals surface area (Å²) < 4.78 is 20.4. The lowest BCUT2D eigenvalue weighted by Gasteiger charge is -2.37. The minimum Gasteiger partial charge on any atom is -0.472 e. The molecule has 0 bridgehead atoms. The number of hydrogen-bond donors (Lipinski definition) is 1. The number of likely N-dealkylation sites (N-methyl/N-ethyl adjacent to an activating group) is 1. The van der Waals surface area contributed by atoms with Crippen molar-refractivity contribution in [1.82, 2.24) is 14.8 Å². The summed E-state index contributed by atoms with van der Waals surface area (Å²) in [5.41, 5.74) is 1.81. The molecule has 3 atom stereocenters. The Morgan fingerprint density at radius 2 is 2.16 bits per heavy atom. The Morgan fingerprint density at radius 1 is 1.41 bits per heavy atom. The van der Waals surface area contributed by atoms with Crippen LogP contribution in [-0.4, -0.2) is 64.7 Å². The van der Waals surface area contributed by atoms with Crippen molar-refractivity contribution in [2.45, 2.75) is 39.5 Å². The van der Waals surface area contributed by atoms with E-state index in [9.17, 15) is 14.3 Å². The third kappa shape index (κ3) is 5.53. The van der Waals surface area contributed by atoms with Crippen LogP contribution in [0, 0.1) is 11.7 Å². The minimum absolute atomic E-state index is 0.0267. The molecule has 3 rings (SSSR count). The fraction of sp³-hybridized carbons (Fsp3) is 0.440. The van der Waals surface area contributed by atoms with Crippen LogP contribution in [-0.2, 0) is 6.54 Å². The number of aliphatic hydroxyl groups excluding tert-OH is 1. The van der Waals surface area contributed by atoms with E-state index in [4.69, 9.17) is 4.74 Å². The van der Waals surface area contributed by atoms with Crippen molar-refractivity contribution in [3.63, 3.8) is 0 Å². The number of hydrogen-bond acceptors (Lipinski definition) is 5. The Labute approximate surface area is 189 Å². The number of carbonyl (C=O) groups excluding carboxylic acids is 1. The van der Waals surface area contributed by atoms with Gasteiger partial charge in [0.05, 0.1) is 12.6 Å². The van der Waals surface area contributed by atoms with Crippen molar-refractivity contribution >= 4 is 12.0 Å². The molecule has 0 spiro atoms. The molecule has 7 heteroatoms. The summed E-state index contributed by atoms with van der Waals surface area (Å²) in [5, 5.41) is 9.75. The van der Waals surface area contributed by atoms with Gasteiger partial charge in [0.2, 0.25) is 5.88 Å². The van der Waals surface area contributed by atoms with Gasteiger partial charge in [-0.05, 0) is 38.6 Å². The largest absolute Gasteiger partial charge is 0.472 e. The van der Waals surface area contributed by atoms with Crippen molar-refractivity contribution in [3.8, 4) is 5.88 Å². The van der Waals surface area contributed by atoms with E-state index in [1.165, 1.54) is 6.07 Å². The predicted octanol–water partition coefficient (Wildman–Crippen LogP) is 3.61. The van der Waals surface area contributed by atoms with E-state index in [2.05, 4.69) is 4.98 Å². The van der Waals surface area contributed by atoms with Crippen molar-refractivity contribution in [3.05, 3.63) is 65.1 Å². The van der Waals surface area contributed by atoms with Crippen LogP contribution in [0.15, 0.2) is 42.6 Å². The number of aromatic nitrogens is 1. The Balaban J connectivity index is 1.90. The van der Waals surface area contributed by atoms with Crippen LogP contribution in [0.1, 0.15) is 42.3 Å². The van der Waals surface area contributed by atoms with Crippen LogP contribution in [0.4, 0.5) is 4.39 Å². The van der Waals surface area contributed by atoms with E-state index >= 15 is 0 Å². The number of allylic oxidation sites excluding steroid dienone is 1. The van der Waals surface area contributed by atoms with Gasteiger partial charge in [0.1, 0.15) is 17.5 Å². The first-order valence-electron chi connectivity index (χ1n) is 11.0. The highest BCUT2D eigenvalue weighted by Gasteiger charge is 2.34. The van der Waals surface area contributed by atoms with E-state index < -0.39 is 0 Å². The maximum absolute atomic E-state index is 14.1. The Bertz CT molecular complexity index is 965. The first-order valence-corrected chi connectivity index (χ1v) is 11.0. The van der Waals surface area contributed by atoms with E-state index in [0.29, 0.717) is 30.8 Å². The summed E-state index contributed by atoms with van der Waals surface area (Å²) in [7, 11) is 1.92. The molecule has 1 aromatic carbocycles. The molecule has 0 fully saturated rings. The molecule has 2 aromatic rings. The van der Waals surface area contributed by atoms with Crippen molar-refractivity contribution in [1.29, 1.82) is 0 Å². The maximum Gasteiger partial charge on any atom is 0.259 e. The summed E-state index contributed by atoms with van der Waals surface area (Å²) >= 11 is 0. The number of carbonyl (C=O) groups is 1. The maximum atomic E-state index is 14.1. The summed E-state index contributed by atoms with van der Waals surface area (Å²) in [6.45, 7) is 7.03. The summed E-state index contributed by atoms with van der Waals surface area (Å²) in [6, 6.07) is 8.18. The third-order valence-electron chi connectivity index (χ3n) is 5.79. The molecule has 1 aliphatic rings. The molecule has 0 saturated heterocycles. The molecule has 0 aliphatic carbocycles. The second-order valence-corrected chi connectivity index (χ2v) is 8.53. The molecule has 0 radical (unpaired) electrons. The fourth-order valence-corrected chi connectivity index (χ4v) is 3.91. The number of aliphatic hydroxyl groups is 1. The zero-order chi connectivity index (χ0) is 23.3.